The van der Waals surface area contributed by atoms with Gasteiger partial charge >= 0.3 is 0 Å². The number of rotatable bonds is 6. The monoisotopic (exact) mass is 434 g/mol. The van der Waals surface area contributed by atoms with Crippen molar-refractivity contribution in [2.45, 2.75) is 25.9 Å². The molecular formula is C25H26N2O3S. The Morgan fingerprint density at radius 2 is 1.42 bits per heavy atom. The van der Waals surface area contributed by atoms with Crippen LogP contribution in [0.3, 0.4) is 0 Å². The van der Waals surface area contributed by atoms with E-state index in [1.165, 1.54) is 4.31 Å². The van der Waals surface area contributed by atoms with Crippen LogP contribution in [0.25, 0.3) is 0 Å². The van der Waals surface area contributed by atoms with E-state index in [2.05, 4.69) is 0 Å². The molecule has 0 N–H and O–H groups in total. The van der Waals surface area contributed by atoms with Gasteiger partial charge < -0.3 is 4.90 Å². The van der Waals surface area contributed by atoms with Gasteiger partial charge in [0.1, 0.15) is 0 Å². The molecule has 1 amide bonds. The molecule has 3 aromatic carbocycles. The van der Waals surface area contributed by atoms with Crippen LogP contribution >= 0.6 is 0 Å². The van der Waals surface area contributed by atoms with E-state index in [1.54, 1.807) is 29.2 Å². The second kappa shape index (κ2) is 9.35. The third kappa shape index (κ3) is 5.14. The van der Waals surface area contributed by atoms with Crippen LogP contribution in [0.2, 0.25) is 0 Å². The third-order valence-corrected chi connectivity index (χ3v) is 7.32. The fraction of sp³-hybridized carbons (Fsp3) is 0.240. The highest BCUT2D eigenvalue weighted by Crippen LogP contribution is 2.25. The summed E-state index contributed by atoms with van der Waals surface area (Å²) in [6, 6.07) is 26.7. The van der Waals surface area contributed by atoms with E-state index in [-0.39, 0.29) is 11.7 Å². The lowest BCUT2D eigenvalue weighted by molar-refractivity contribution is 0.0730. The van der Waals surface area contributed by atoms with Gasteiger partial charge in [-0.2, -0.15) is 0 Å². The zero-order valence-electron chi connectivity index (χ0n) is 17.4. The van der Waals surface area contributed by atoms with Gasteiger partial charge in [-0.25, -0.2) is 8.42 Å². The summed E-state index contributed by atoms with van der Waals surface area (Å²) >= 11 is 0. The molecular weight excluding hydrogens is 408 g/mol. The van der Waals surface area contributed by atoms with Gasteiger partial charge in [-0.3, -0.25) is 9.10 Å². The number of sulfonamides is 1. The molecule has 31 heavy (non-hydrogen) atoms. The fourth-order valence-electron chi connectivity index (χ4n) is 3.86. The fourth-order valence-corrected chi connectivity index (χ4v) is 5.49. The van der Waals surface area contributed by atoms with Crippen LogP contribution < -0.4 is 4.31 Å². The molecule has 3 aromatic rings. The summed E-state index contributed by atoms with van der Waals surface area (Å²) in [5.74, 6) is 0.0308. The molecule has 0 radical (unpaired) electrons. The molecule has 1 fully saturated rings. The first-order valence-electron chi connectivity index (χ1n) is 10.5. The molecule has 5 nitrogen and oxygen atoms in total. The molecule has 0 bridgehead atoms. The second-order valence-electron chi connectivity index (χ2n) is 7.78. The Bertz CT molecular complexity index is 1090. The smallest absolute Gasteiger partial charge is 0.254 e. The molecule has 0 unspecified atom stereocenters. The first-order chi connectivity index (χ1) is 15.0. The maximum absolute atomic E-state index is 13.5. The summed E-state index contributed by atoms with van der Waals surface area (Å²) in [7, 11) is -3.33. The highest BCUT2D eigenvalue weighted by Gasteiger charge is 2.27. The SMILES string of the molecule is O=C(c1cccc(N2CCCCS2(=O)=O)c1)N(Cc1ccccc1)Cc1ccccc1. The van der Waals surface area contributed by atoms with Crippen molar-refractivity contribution in [1.82, 2.24) is 4.90 Å². The third-order valence-electron chi connectivity index (χ3n) is 5.45. The van der Waals surface area contributed by atoms with Gasteiger partial charge in [0.05, 0.1) is 11.4 Å². The van der Waals surface area contributed by atoms with E-state index in [4.69, 9.17) is 0 Å². The standard InChI is InChI=1S/C25H26N2O3S/c28-25(23-14-9-15-24(18-23)27-16-7-8-17-31(27,29)30)26(19-21-10-3-1-4-11-21)20-22-12-5-2-6-13-22/h1-6,9-15,18H,7-8,16-17,19-20H2. The molecule has 0 atom stereocenters. The maximum Gasteiger partial charge on any atom is 0.254 e. The summed E-state index contributed by atoms with van der Waals surface area (Å²) in [6.45, 7) is 1.40. The zero-order chi connectivity index (χ0) is 21.7. The van der Waals surface area contributed by atoms with Crippen molar-refractivity contribution in [2.75, 3.05) is 16.6 Å². The van der Waals surface area contributed by atoms with Gasteiger partial charge in [-0.05, 0) is 42.2 Å². The van der Waals surface area contributed by atoms with Gasteiger partial charge in [0.25, 0.3) is 5.91 Å². The number of hydrogen-bond donors (Lipinski definition) is 0. The Morgan fingerprint density at radius 3 is 2.00 bits per heavy atom. The number of hydrogen-bond acceptors (Lipinski definition) is 3. The number of nitrogens with zero attached hydrogens (tertiary/aromatic N) is 2. The topological polar surface area (TPSA) is 57.7 Å². The minimum absolute atomic E-state index is 0.121. The van der Waals surface area contributed by atoms with Gasteiger partial charge in [0.15, 0.2) is 0 Å². The van der Waals surface area contributed by atoms with Crippen molar-refractivity contribution in [3.63, 3.8) is 0 Å². The van der Waals surface area contributed by atoms with Crippen molar-refractivity contribution < 1.29 is 13.2 Å². The van der Waals surface area contributed by atoms with E-state index in [0.717, 1.165) is 17.5 Å². The van der Waals surface area contributed by atoms with Crippen LogP contribution in [0, 0.1) is 0 Å². The van der Waals surface area contributed by atoms with Crippen LogP contribution in [0.4, 0.5) is 5.69 Å². The van der Waals surface area contributed by atoms with Gasteiger partial charge in [0, 0.05) is 25.2 Å². The highest BCUT2D eigenvalue weighted by atomic mass is 32.2. The number of benzene rings is 3. The minimum Gasteiger partial charge on any atom is -0.330 e. The van der Waals surface area contributed by atoms with Crippen LogP contribution in [0.15, 0.2) is 84.9 Å². The summed E-state index contributed by atoms with van der Waals surface area (Å²) < 4.78 is 26.5. The Hall–Kier alpha value is -3.12. The van der Waals surface area contributed by atoms with Crippen LogP contribution in [0.1, 0.15) is 34.3 Å². The second-order valence-corrected chi connectivity index (χ2v) is 9.79. The number of carbonyl (C=O) groups excluding carboxylic acids is 1. The molecule has 0 spiro atoms. The lowest BCUT2D eigenvalue weighted by Gasteiger charge is -2.29. The van der Waals surface area contributed by atoms with Crippen molar-refractivity contribution in [3.8, 4) is 0 Å². The van der Waals surface area contributed by atoms with Gasteiger partial charge in [0.2, 0.25) is 10.0 Å². The predicted octanol–water partition coefficient (Wildman–Crippen LogP) is 4.46. The first-order valence-corrected chi connectivity index (χ1v) is 12.1. The summed E-state index contributed by atoms with van der Waals surface area (Å²) in [5.41, 5.74) is 3.14. The van der Waals surface area contributed by atoms with Gasteiger partial charge in [-0.15, -0.1) is 0 Å². The molecule has 0 aromatic heterocycles. The largest absolute Gasteiger partial charge is 0.330 e. The predicted molar refractivity (Wildman–Crippen MR) is 123 cm³/mol. The van der Waals surface area contributed by atoms with E-state index < -0.39 is 10.0 Å². The van der Waals surface area contributed by atoms with E-state index >= 15 is 0 Å². The summed E-state index contributed by atoms with van der Waals surface area (Å²) in [4.78, 5) is 15.3. The molecule has 1 aliphatic heterocycles. The van der Waals surface area contributed by atoms with Gasteiger partial charge in [-0.1, -0.05) is 66.7 Å². The zero-order valence-corrected chi connectivity index (χ0v) is 18.2. The lowest BCUT2D eigenvalue weighted by Crippen LogP contribution is -2.38. The number of anilines is 1. The van der Waals surface area contributed by atoms with E-state index in [1.807, 2.05) is 60.7 Å². The lowest BCUT2D eigenvalue weighted by atomic mass is 10.1. The van der Waals surface area contributed by atoms with Crippen molar-refractivity contribution in [3.05, 3.63) is 102 Å². The average molecular weight is 435 g/mol. The molecule has 1 aliphatic rings. The molecule has 160 valence electrons. The van der Waals surface area contributed by atoms with E-state index in [9.17, 15) is 13.2 Å². The van der Waals surface area contributed by atoms with Crippen LogP contribution in [0.5, 0.6) is 0 Å². The maximum atomic E-state index is 13.5. The molecule has 0 aliphatic carbocycles. The highest BCUT2D eigenvalue weighted by molar-refractivity contribution is 7.92. The average Bonchev–Trinajstić information content (AvgIpc) is 2.79. The Balaban J connectivity index is 1.63. The van der Waals surface area contributed by atoms with Crippen LogP contribution in [-0.2, 0) is 23.1 Å². The molecule has 4 rings (SSSR count). The summed E-state index contributed by atoms with van der Waals surface area (Å²) in [5, 5.41) is 0. The van der Waals surface area contributed by atoms with Crippen molar-refractivity contribution in [2.24, 2.45) is 0 Å². The Kier molecular flexibility index (Phi) is 6.37. The number of carbonyl (C=O) groups is 1. The minimum atomic E-state index is -3.33. The van der Waals surface area contributed by atoms with Crippen molar-refractivity contribution >= 4 is 21.6 Å². The molecule has 6 heteroatoms. The van der Waals surface area contributed by atoms with Crippen molar-refractivity contribution in [1.29, 1.82) is 0 Å². The van der Waals surface area contributed by atoms with Crippen LogP contribution in [-0.4, -0.2) is 31.5 Å². The Labute approximate surface area is 184 Å². The first kappa shape index (κ1) is 21.1. The van der Waals surface area contributed by atoms with E-state index in [0.29, 0.717) is 37.3 Å². The molecule has 1 heterocycles. The summed E-state index contributed by atoms with van der Waals surface area (Å²) in [6.07, 6.45) is 1.50. The molecule has 1 saturated heterocycles. The quantitative estimate of drug-likeness (QED) is 0.576. The number of amides is 1. The Morgan fingerprint density at radius 1 is 0.806 bits per heavy atom. The molecule has 0 saturated carbocycles. The normalized spacial score (nSPS) is 15.4.